The Morgan fingerprint density at radius 3 is 2.55 bits per heavy atom. The smallest absolute Gasteiger partial charge is 0.341 e. The Morgan fingerprint density at radius 2 is 1.90 bits per heavy atom. The Kier molecular flexibility index (Phi) is 4.08. The first-order chi connectivity index (χ1) is 9.52. The summed E-state index contributed by atoms with van der Waals surface area (Å²) < 4.78 is 4.95. The maximum Gasteiger partial charge on any atom is 0.341 e. The van der Waals surface area contributed by atoms with Crippen LogP contribution in [-0.2, 0) is 4.74 Å². The van der Waals surface area contributed by atoms with Crippen molar-refractivity contribution < 1.29 is 14.6 Å². The first kappa shape index (κ1) is 14.1. The van der Waals surface area contributed by atoms with Gasteiger partial charge >= 0.3 is 5.97 Å². The molecule has 1 N–H and O–H groups in total. The Balaban J connectivity index is 2.48. The second-order valence-electron chi connectivity index (χ2n) is 4.77. The summed E-state index contributed by atoms with van der Waals surface area (Å²) in [4.78, 5) is 11.8. The average Bonchev–Trinajstić information content (AvgIpc) is 2.40. The first-order valence-corrected chi connectivity index (χ1v) is 6.60. The number of hydrogen-bond donors (Lipinski definition) is 1. The van der Waals surface area contributed by atoms with Gasteiger partial charge in [-0.15, -0.1) is 0 Å². The lowest BCUT2D eigenvalue weighted by atomic mass is 9.97. The molecule has 0 aromatic heterocycles. The number of aryl methyl sites for hydroxylation is 2. The van der Waals surface area contributed by atoms with Crippen LogP contribution in [0.1, 0.15) is 28.4 Å². The van der Waals surface area contributed by atoms with Crippen molar-refractivity contribution in [3.63, 3.8) is 0 Å². The van der Waals surface area contributed by atoms with E-state index in [-0.39, 0.29) is 17.9 Å². The maximum atomic E-state index is 11.8. The SMILES string of the molecule is CCOC(=O)c1cc(-c2ccc(C)cc2C)ccc1O. The van der Waals surface area contributed by atoms with Crippen molar-refractivity contribution in [2.24, 2.45) is 0 Å². The van der Waals surface area contributed by atoms with Crippen LogP contribution in [0.5, 0.6) is 5.75 Å². The fourth-order valence-electron chi connectivity index (χ4n) is 2.21. The molecule has 0 aliphatic rings. The summed E-state index contributed by atoms with van der Waals surface area (Å²) in [5.41, 5.74) is 4.45. The molecule has 0 aliphatic heterocycles. The number of carbonyl (C=O) groups is 1. The van der Waals surface area contributed by atoms with Crippen LogP contribution in [-0.4, -0.2) is 17.7 Å². The summed E-state index contributed by atoms with van der Waals surface area (Å²) in [5, 5.41) is 9.79. The Hall–Kier alpha value is -2.29. The summed E-state index contributed by atoms with van der Waals surface area (Å²) in [5.74, 6) is -0.562. The van der Waals surface area contributed by atoms with Crippen molar-refractivity contribution >= 4 is 5.97 Å². The van der Waals surface area contributed by atoms with E-state index >= 15 is 0 Å². The van der Waals surface area contributed by atoms with Gasteiger partial charge in [-0.3, -0.25) is 0 Å². The summed E-state index contributed by atoms with van der Waals surface area (Å²) in [6, 6.07) is 11.1. The Bertz CT molecular complexity index is 645. The highest BCUT2D eigenvalue weighted by Crippen LogP contribution is 2.29. The van der Waals surface area contributed by atoms with Crippen LogP contribution in [0, 0.1) is 13.8 Å². The minimum Gasteiger partial charge on any atom is -0.507 e. The third-order valence-corrected chi connectivity index (χ3v) is 3.18. The fourth-order valence-corrected chi connectivity index (χ4v) is 2.21. The third-order valence-electron chi connectivity index (χ3n) is 3.18. The number of phenols is 1. The standard InChI is InChI=1S/C17H18O3/c1-4-20-17(19)15-10-13(6-8-16(15)18)14-7-5-11(2)9-12(14)3/h5-10,18H,4H2,1-3H3. The van der Waals surface area contributed by atoms with E-state index in [9.17, 15) is 9.90 Å². The Morgan fingerprint density at radius 1 is 1.15 bits per heavy atom. The summed E-state index contributed by atoms with van der Waals surface area (Å²) in [7, 11) is 0. The fraction of sp³-hybridized carbons (Fsp3) is 0.235. The molecule has 0 amide bonds. The molecule has 0 atom stereocenters. The van der Waals surface area contributed by atoms with Gasteiger partial charge in [-0.2, -0.15) is 0 Å². The molecule has 2 rings (SSSR count). The number of ether oxygens (including phenoxy) is 1. The monoisotopic (exact) mass is 270 g/mol. The van der Waals surface area contributed by atoms with E-state index in [1.165, 1.54) is 11.6 Å². The Labute approximate surface area is 118 Å². The second-order valence-corrected chi connectivity index (χ2v) is 4.77. The number of phenolic OH excluding ortho intramolecular Hbond substituents is 1. The van der Waals surface area contributed by atoms with Crippen LogP contribution < -0.4 is 0 Å². The second kappa shape index (κ2) is 5.78. The van der Waals surface area contributed by atoms with Gasteiger partial charge in [0.2, 0.25) is 0 Å². The molecule has 3 heteroatoms. The molecule has 0 unspecified atom stereocenters. The zero-order valence-corrected chi connectivity index (χ0v) is 11.9. The van der Waals surface area contributed by atoms with Gasteiger partial charge in [0.1, 0.15) is 11.3 Å². The molecule has 0 bridgehead atoms. The highest BCUT2D eigenvalue weighted by atomic mass is 16.5. The average molecular weight is 270 g/mol. The van der Waals surface area contributed by atoms with Crippen molar-refractivity contribution in [2.75, 3.05) is 6.61 Å². The van der Waals surface area contributed by atoms with Gasteiger partial charge in [-0.1, -0.05) is 29.8 Å². The van der Waals surface area contributed by atoms with E-state index in [0.717, 1.165) is 16.7 Å². The number of aromatic hydroxyl groups is 1. The lowest BCUT2D eigenvalue weighted by Crippen LogP contribution is -2.05. The van der Waals surface area contributed by atoms with Crippen molar-refractivity contribution in [3.8, 4) is 16.9 Å². The van der Waals surface area contributed by atoms with Gasteiger partial charge < -0.3 is 9.84 Å². The molecule has 0 saturated heterocycles. The normalized spacial score (nSPS) is 10.3. The van der Waals surface area contributed by atoms with Crippen molar-refractivity contribution in [3.05, 3.63) is 53.1 Å². The summed E-state index contributed by atoms with van der Waals surface area (Å²) in [6.45, 7) is 6.09. The largest absolute Gasteiger partial charge is 0.507 e. The highest BCUT2D eigenvalue weighted by Gasteiger charge is 2.14. The number of hydrogen-bond acceptors (Lipinski definition) is 3. The lowest BCUT2D eigenvalue weighted by Gasteiger charge is -2.10. The molecular weight excluding hydrogens is 252 g/mol. The van der Waals surface area contributed by atoms with Gasteiger partial charge in [0.05, 0.1) is 6.61 Å². The quantitative estimate of drug-likeness (QED) is 0.862. The molecule has 0 heterocycles. The zero-order chi connectivity index (χ0) is 14.7. The van der Waals surface area contributed by atoms with E-state index in [1.807, 2.05) is 26.0 Å². The van der Waals surface area contributed by atoms with Crippen LogP contribution in [0.3, 0.4) is 0 Å². The van der Waals surface area contributed by atoms with E-state index in [0.29, 0.717) is 0 Å². The van der Waals surface area contributed by atoms with Gasteiger partial charge in [0.15, 0.2) is 0 Å². The predicted molar refractivity (Wildman–Crippen MR) is 79.0 cm³/mol. The van der Waals surface area contributed by atoms with Crippen LogP contribution in [0.15, 0.2) is 36.4 Å². The molecule has 0 saturated carbocycles. The summed E-state index contributed by atoms with van der Waals surface area (Å²) >= 11 is 0. The predicted octanol–water partition coefficient (Wildman–Crippen LogP) is 3.85. The minimum absolute atomic E-state index is 0.0584. The van der Waals surface area contributed by atoms with E-state index in [2.05, 4.69) is 6.07 Å². The third kappa shape index (κ3) is 2.82. The van der Waals surface area contributed by atoms with Crippen molar-refractivity contribution in [1.82, 2.24) is 0 Å². The number of benzene rings is 2. The maximum absolute atomic E-state index is 11.8. The van der Waals surface area contributed by atoms with E-state index in [4.69, 9.17) is 4.74 Å². The molecule has 104 valence electrons. The molecule has 2 aromatic carbocycles. The van der Waals surface area contributed by atoms with Crippen LogP contribution >= 0.6 is 0 Å². The first-order valence-electron chi connectivity index (χ1n) is 6.60. The molecule has 0 aliphatic carbocycles. The molecular formula is C17H18O3. The van der Waals surface area contributed by atoms with Crippen molar-refractivity contribution in [2.45, 2.75) is 20.8 Å². The van der Waals surface area contributed by atoms with Gasteiger partial charge in [-0.25, -0.2) is 4.79 Å². The lowest BCUT2D eigenvalue weighted by molar-refractivity contribution is 0.0523. The van der Waals surface area contributed by atoms with Crippen LogP contribution in [0.4, 0.5) is 0 Å². The highest BCUT2D eigenvalue weighted by molar-refractivity contribution is 5.94. The van der Waals surface area contributed by atoms with Crippen molar-refractivity contribution in [1.29, 1.82) is 0 Å². The molecule has 0 spiro atoms. The minimum atomic E-state index is -0.503. The van der Waals surface area contributed by atoms with Crippen LogP contribution in [0.25, 0.3) is 11.1 Å². The van der Waals surface area contributed by atoms with Gasteiger partial charge in [0, 0.05) is 0 Å². The molecule has 0 radical (unpaired) electrons. The topological polar surface area (TPSA) is 46.5 Å². The van der Waals surface area contributed by atoms with E-state index < -0.39 is 5.97 Å². The van der Waals surface area contributed by atoms with Crippen LogP contribution in [0.2, 0.25) is 0 Å². The summed E-state index contributed by atoms with van der Waals surface area (Å²) in [6.07, 6.45) is 0. The molecule has 20 heavy (non-hydrogen) atoms. The van der Waals surface area contributed by atoms with E-state index in [1.54, 1.807) is 19.1 Å². The molecule has 3 nitrogen and oxygen atoms in total. The zero-order valence-electron chi connectivity index (χ0n) is 11.9. The number of rotatable bonds is 3. The number of carbonyl (C=O) groups excluding carboxylic acids is 1. The van der Waals surface area contributed by atoms with Gasteiger partial charge in [0.25, 0.3) is 0 Å². The molecule has 0 fully saturated rings. The number of esters is 1. The van der Waals surface area contributed by atoms with Gasteiger partial charge in [-0.05, 0) is 49.6 Å². The molecule has 2 aromatic rings.